The predicted octanol–water partition coefficient (Wildman–Crippen LogP) is 16.2. The van der Waals surface area contributed by atoms with Crippen LogP contribution in [0.1, 0.15) is 28.4 Å². The number of amides is 1. The lowest BCUT2D eigenvalue weighted by molar-refractivity contribution is -0.498. The van der Waals surface area contributed by atoms with Gasteiger partial charge in [0.25, 0.3) is 5.91 Å². The van der Waals surface area contributed by atoms with E-state index in [1.807, 2.05) is 4.99 Å². The molecule has 1 amide bonds. The Morgan fingerprint density at radius 3 is 0.747 bits per heavy atom. The molecule has 0 atom stereocenters. The zero-order valence-corrected chi connectivity index (χ0v) is 40.5. The van der Waals surface area contributed by atoms with Gasteiger partial charge in [-0.2, -0.15) is 216 Å². The maximum Gasteiger partial charge on any atom is 0.460 e. The van der Waals surface area contributed by atoms with Crippen LogP contribution in [0.25, 0.3) is 0 Å². The van der Waals surface area contributed by atoms with E-state index >= 15 is 26.3 Å². The minimum Gasteiger partial charge on any atom is -0.445 e. The van der Waals surface area contributed by atoms with Crippen molar-refractivity contribution in [3.8, 4) is 0 Å². The standard InChI is InChI=1S/C36H10F47N3O5/c1-7-3-9(13(90)86-6-91-8(2)89)10(12(85-5-88)11(7)84-4-87)14(37,38)15(39,40)16(41,42)17(43,44)18(45,46)19(47,48)20(49,50)21(51,52)22(53,54)23(55,56)24(57,58)25(59,60)26(61,62)27(63,64)28(65,66)29(67,68)30(69,70)31(71,72)32(73,74)33(75,76)34(77,78)35(79,80)36(81,82)83/h3H,6H2,1-2H3,(H,86,90). The molecule has 8 nitrogen and oxygen atoms in total. The van der Waals surface area contributed by atoms with E-state index in [9.17, 15) is 199 Å². The highest BCUT2D eigenvalue weighted by molar-refractivity contribution is 5.99. The number of aliphatic imine (C=N–C) groups is 2. The first-order chi connectivity index (χ1) is 39.1. The summed E-state index contributed by atoms with van der Waals surface area (Å²) in [6, 6.07) is -0.559. The van der Waals surface area contributed by atoms with Gasteiger partial charge >= 0.3 is 142 Å². The first-order valence-electron chi connectivity index (χ1n) is 20.3. The lowest BCUT2D eigenvalue weighted by atomic mass is 9.81. The van der Waals surface area contributed by atoms with Crippen LogP contribution < -0.4 is 5.32 Å². The molecule has 1 N–H and O–H groups in total. The summed E-state index contributed by atoms with van der Waals surface area (Å²) in [6.45, 7) is -1.15. The van der Waals surface area contributed by atoms with E-state index in [-0.39, 0.29) is 19.1 Å². The van der Waals surface area contributed by atoms with Crippen LogP contribution in [0.15, 0.2) is 16.1 Å². The first-order valence-corrected chi connectivity index (χ1v) is 20.3. The Hall–Kier alpha value is -6.37. The van der Waals surface area contributed by atoms with Crippen LogP contribution in [0.4, 0.5) is 218 Å². The maximum atomic E-state index is 15.8. The van der Waals surface area contributed by atoms with Crippen LogP contribution in [-0.4, -0.2) is 161 Å². The summed E-state index contributed by atoms with van der Waals surface area (Å²) in [4.78, 5) is 49.7. The average molecular weight is 1460 g/mol. The minimum atomic E-state index is -11.0. The summed E-state index contributed by atoms with van der Waals surface area (Å²) < 4.78 is 673. The van der Waals surface area contributed by atoms with Gasteiger partial charge in [0.2, 0.25) is 12.2 Å². The van der Waals surface area contributed by atoms with E-state index in [0.717, 1.165) is 5.32 Å². The third kappa shape index (κ3) is 10.2. The molecule has 528 valence electrons. The third-order valence-corrected chi connectivity index (χ3v) is 11.5. The van der Waals surface area contributed by atoms with Crippen molar-refractivity contribution >= 4 is 35.4 Å². The molecule has 0 unspecified atom stereocenters. The number of ether oxygens (including phenoxy) is 1. The number of carbonyl (C=O) groups excluding carboxylic acids is 4. The highest BCUT2D eigenvalue weighted by Gasteiger charge is 3.04. The number of rotatable bonds is 27. The largest absolute Gasteiger partial charge is 0.460 e. The van der Waals surface area contributed by atoms with E-state index < -0.39 is 189 Å². The number of benzene rings is 1. The number of nitrogens with zero attached hydrogens (tertiary/aromatic N) is 2. The monoisotopic (exact) mass is 1460 g/mol. The number of halogens is 47. The Labute approximate surface area is 461 Å². The predicted molar refractivity (Wildman–Crippen MR) is 185 cm³/mol. The minimum absolute atomic E-state index is 0.0452. The van der Waals surface area contributed by atoms with E-state index in [1.165, 1.54) is 0 Å². The van der Waals surface area contributed by atoms with Gasteiger partial charge in [-0.15, -0.1) is 0 Å². The molecule has 55 heteroatoms. The van der Waals surface area contributed by atoms with Crippen molar-refractivity contribution in [1.82, 2.24) is 5.32 Å². The maximum absolute atomic E-state index is 15.8. The second kappa shape index (κ2) is 22.1. The smallest absolute Gasteiger partial charge is 0.445 e. The molecule has 0 aliphatic carbocycles. The van der Waals surface area contributed by atoms with Gasteiger partial charge < -0.3 is 10.1 Å². The van der Waals surface area contributed by atoms with Crippen molar-refractivity contribution in [3.05, 3.63) is 22.8 Å². The molecule has 0 radical (unpaired) electrons. The Bertz CT molecular complexity index is 3030. The van der Waals surface area contributed by atoms with E-state index in [4.69, 9.17) is 0 Å². The molecule has 0 aromatic heterocycles. The summed E-state index contributed by atoms with van der Waals surface area (Å²) >= 11 is 0. The number of alkyl halides is 47. The van der Waals surface area contributed by atoms with Crippen LogP contribution in [0.3, 0.4) is 0 Å². The first kappa shape index (κ1) is 82.6. The van der Waals surface area contributed by atoms with Crippen molar-refractivity contribution in [2.45, 2.75) is 150 Å². The van der Waals surface area contributed by atoms with Crippen LogP contribution in [0.2, 0.25) is 0 Å². The molecule has 0 spiro atoms. The molecule has 0 aliphatic rings. The Morgan fingerprint density at radius 1 is 0.352 bits per heavy atom. The number of aryl methyl sites for hydroxylation is 1. The second-order valence-electron chi connectivity index (χ2n) is 17.1. The van der Waals surface area contributed by atoms with Crippen molar-refractivity contribution in [2.24, 2.45) is 9.98 Å². The molecule has 0 saturated heterocycles. The summed E-state index contributed by atoms with van der Waals surface area (Å²) in [5, 5.41) is 0.985. The van der Waals surface area contributed by atoms with Gasteiger partial charge in [-0.25, -0.2) is 9.59 Å². The third-order valence-electron chi connectivity index (χ3n) is 11.5. The quantitative estimate of drug-likeness (QED) is 0.0310. The van der Waals surface area contributed by atoms with Crippen LogP contribution >= 0.6 is 0 Å². The number of hydrogen-bond donors (Lipinski definition) is 1. The van der Waals surface area contributed by atoms with Gasteiger partial charge in [0, 0.05) is 6.92 Å². The van der Waals surface area contributed by atoms with Gasteiger partial charge in [-0.3, -0.25) is 9.59 Å². The lowest BCUT2D eigenvalue weighted by Crippen LogP contribution is -2.81. The Morgan fingerprint density at radius 2 is 0.549 bits per heavy atom. The Kier molecular flexibility index (Phi) is 20.1. The molecule has 0 bridgehead atoms. The number of nitrogens with one attached hydrogen (secondary N) is 1. The molecule has 0 heterocycles. The molecule has 0 aliphatic heterocycles. The zero-order valence-electron chi connectivity index (χ0n) is 40.5. The van der Waals surface area contributed by atoms with Crippen LogP contribution in [0, 0.1) is 6.92 Å². The van der Waals surface area contributed by atoms with Crippen LogP contribution in [0.5, 0.6) is 0 Å². The second-order valence-corrected chi connectivity index (χ2v) is 17.1. The highest BCUT2D eigenvalue weighted by atomic mass is 19.4. The van der Waals surface area contributed by atoms with Crippen molar-refractivity contribution in [3.63, 3.8) is 0 Å². The summed E-state index contributed by atoms with van der Waals surface area (Å²) in [5.41, 5.74) is -12.8. The molecule has 0 fully saturated rings. The van der Waals surface area contributed by atoms with Crippen LogP contribution in [-0.2, 0) is 25.0 Å². The van der Waals surface area contributed by atoms with Crippen molar-refractivity contribution in [1.29, 1.82) is 0 Å². The Balaban J connectivity index is 4.39. The number of carbonyl (C=O) groups is 2. The molecule has 1 aromatic carbocycles. The SMILES string of the molecule is CC(=O)OCNC(=O)c1cc(C)c(N=C=O)c(N=C=O)c1C(F)(F)C(F)(F)C(F)(F)C(F)(F)C(F)(F)C(F)(F)C(F)(F)C(F)(F)C(F)(F)C(F)(F)C(F)(F)C(F)(F)C(F)(F)C(F)(F)C(F)(F)C(F)(F)C(F)(F)C(F)(F)C(F)(F)C(F)(F)C(F)(F)C(F)(F)C(F)(F)F. The van der Waals surface area contributed by atoms with Gasteiger partial charge in [0.1, 0.15) is 11.4 Å². The average Bonchev–Trinajstić information content (AvgIpc) is 0.685. The van der Waals surface area contributed by atoms with Gasteiger partial charge in [-0.05, 0) is 18.6 Å². The zero-order chi connectivity index (χ0) is 74.2. The molecule has 91 heavy (non-hydrogen) atoms. The number of esters is 1. The van der Waals surface area contributed by atoms with Gasteiger partial charge in [0.05, 0.1) is 11.1 Å². The summed E-state index contributed by atoms with van der Waals surface area (Å²) in [6.07, 6.45) is -8.47. The summed E-state index contributed by atoms with van der Waals surface area (Å²) in [5.74, 6) is -232. The highest BCUT2D eigenvalue weighted by Crippen LogP contribution is 2.73. The van der Waals surface area contributed by atoms with Crippen molar-refractivity contribution in [2.75, 3.05) is 6.73 Å². The number of isocyanates is 2. The van der Waals surface area contributed by atoms with E-state index in [2.05, 4.69) is 9.73 Å². The van der Waals surface area contributed by atoms with Crippen molar-refractivity contribution < 1.29 is 230 Å². The molecule has 1 aromatic rings. The fraction of sp³-hybridized carbons (Fsp3) is 0.722. The summed E-state index contributed by atoms with van der Waals surface area (Å²) in [7, 11) is 0. The molecular weight excluding hydrogens is 1450 g/mol. The van der Waals surface area contributed by atoms with Gasteiger partial charge in [-0.1, -0.05) is 0 Å². The topological polar surface area (TPSA) is 114 Å². The number of hydrogen-bond acceptors (Lipinski definition) is 7. The lowest BCUT2D eigenvalue weighted by Gasteiger charge is -2.47. The molecular formula is C36H10F47N3O5. The normalized spacial score (nSPS) is 15.9. The van der Waals surface area contributed by atoms with Gasteiger partial charge in [0.15, 0.2) is 6.73 Å². The fourth-order valence-electron chi connectivity index (χ4n) is 6.20. The van der Waals surface area contributed by atoms with E-state index in [1.54, 1.807) is 0 Å². The molecule has 0 saturated carbocycles. The fourth-order valence-corrected chi connectivity index (χ4v) is 6.20. The van der Waals surface area contributed by atoms with E-state index in [0.29, 0.717) is 6.92 Å². The molecule has 1 rings (SSSR count).